The van der Waals surface area contributed by atoms with Crippen LogP contribution >= 0.6 is 0 Å². The summed E-state index contributed by atoms with van der Waals surface area (Å²) < 4.78 is 5.82. The van der Waals surface area contributed by atoms with Crippen LogP contribution in [-0.4, -0.2) is 0 Å². The minimum Gasteiger partial charge on any atom is -0.461 e. The third kappa shape index (κ3) is 7.90. The first-order chi connectivity index (χ1) is 11.9. The van der Waals surface area contributed by atoms with Gasteiger partial charge in [-0.15, -0.1) is 0 Å². The first kappa shape index (κ1) is 28.2. The fraction of sp³-hybridized carbons (Fsp3) is 0.609. The Balaban J connectivity index is -0.000000533. The SMILES string of the molecule is CC.CC.CC.CC.Cc1cc(C(C)C)c2oc(C)c(C)c(=O)c2c1. The molecule has 0 N–H and O–H groups in total. The molecule has 146 valence electrons. The van der Waals surface area contributed by atoms with Crippen molar-refractivity contribution in [1.29, 1.82) is 0 Å². The largest absolute Gasteiger partial charge is 0.461 e. The van der Waals surface area contributed by atoms with E-state index >= 15 is 0 Å². The molecule has 0 spiro atoms. The van der Waals surface area contributed by atoms with Crippen LogP contribution < -0.4 is 5.43 Å². The molecule has 0 aliphatic carbocycles. The van der Waals surface area contributed by atoms with E-state index in [4.69, 9.17) is 4.42 Å². The van der Waals surface area contributed by atoms with Gasteiger partial charge in [0.25, 0.3) is 0 Å². The van der Waals surface area contributed by atoms with Crippen LogP contribution in [0.25, 0.3) is 11.0 Å². The van der Waals surface area contributed by atoms with Gasteiger partial charge in [-0.3, -0.25) is 4.79 Å². The number of fused-ring (bicyclic) bond motifs is 1. The third-order valence-corrected chi connectivity index (χ3v) is 3.25. The highest BCUT2D eigenvalue weighted by atomic mass is 16.3. The fourth-order valence-electron chi connectivity index (χ4n) is 2.10. The van der Waals surface area contributed by atoms with Crippen molar-refractivity contribution in [2.75, 3.05) is 0 Å². The Labute approximate surface area is 156 Å². The van der Waals surface area contributed by atoms with E-state index in [9.17, 15) is 4.79 Å². The Morgan fingerprint density at radius 3 is 1.64 bits per heavy atom. The van der Waals surface area contributed by atoms with Crippen molar-refractivity contribution in [3.8, 4) is 0 Å². The zero-order chi connectivity index (χ0) is 20.7. The predicted molar refractivity (Wildman–Crippen MR) is 116 cm³/mol. The molecule has 0 unspecified atom stereocenters. The first-order valence-electron chi connectivity index (χ1n) is 9.96. The Morgan fingerprint density at radius 2 is 1.24 bits per heavy atom. The van der Waals surface area contributed by atoms with E-state index in [-0.39, 0.29) is 5.43 Å². The molecule has 0 saturated heterocycles. The normalized spacial score (nSPS) is 8.72. The lowest BCUT2D eigenvalue weighted by molar-refractivity contribution is 0.552. The van der Waals surface area contributed by atoms with Gasteiger partial charge in [0.1, 0.15) is 11.3 Å². The maximum absolute atomic E-state index is 12.2. The Morgan fingerprint density at radius 1 is 0.800 bits per heavy atom. The molecule has 0 amide bonds. The number of rotatable bonds is 1. The van der Waals surface area contributed by atoms with Gasteiger partial charge in [0.05, 0.1) is 5.39 Å². The molecular weight excluding hydrogens is 308 g/mol. The van der Waals surface area contributed by atoms with Crippen LogP contribution in [0.2, 0.25) is 0 Å². The third-order valence-electron chi connectivity index (χ3n) is 3.25. The van der Waals surface area contributed by atoms with Crippen LogP contribution in [0, 0.1) is 20.8 Å². The molecule has 2 aromatic rings. The summed E-state index contributed by atoms with van der Waals surface area (Å²) in [5.74, 6) is 1.07. The van der Waals surface area contributed by atoms with Crippen LogP contribution in [0.5, 0.6) is 0 Å². The monoisotopic (exact) mass is 350 g/mol. The van der Waals surface area contributed by atoms with Crippen LogP contribution in [0.3, 0.4) is 0 Å². The van der Waals surface area contributed by atoms with Crippen LogP contribution in [0.15, 0.2) is 21.3 Å². The van der Waals surface area contributed by atoms with Crippen molar-refractivity contribution in [3.63, 3.8) is 0 Å². The standard InChI is InChI=1S/C15H18O2.4C2H6/c1-8(2)12-6-9(3)7-13-14(16)10(4)11(5)17-15(12)13;4*1-2/h6-8H,1-5H3;4*1-2H3. The van der Waals surface area contributed by atoms with E-state index in [1.165, 1.54) is 0 Å². The molecule has 25 heavy (non-hydrogen) atoms. The summed E-state index contributed by atoms with van der Waals surface area (Å²) in [5, 5.41) is 0.705. The predicted octanol–water partition coefficient (Wildman–Crippen LogP) is 7.95. The maximum Gasteiger partial charge on any atom is 0.195 e. The second-order valence-electron chi connectivity index (χ2n) is 5.00. The topological polar surface area (TPSA) is 30.2 Å². The summed E-state index contributed by atoms with van der Waals surface area (Å²) in [6.45, 7) is 25.9. The lowest BCUT2D eigenvalue weighted by atomic mass is 9.97. The number of hydrogen-bond donors (Lipinski definition) is 0. The van der Waals surface area contributed by atoms with Gasteiger partial charge in [-0.1, -0.05) is 75.3 Å². The van der Waals surface area contributed by atoms with Gasteiger partial charge in [0, 0.05) is 5.56 Å². The highest BCUT2D eigenvalue weighted by Crippen LogP contribution is 2.26. The summed E-state index contributed by atoms with van der Waals surface area (Å²) in [6.07, 6.45) is 0. The van der Waals surface area contributed by atoms with Crippen molar-refractivity contribution in [2.45, 2.75) is 95.9 Å². The van der Waals surface area contributed by atoms with Gasteiger partial charge in [-0.2, -0.15) is 0 Å². The number of aryl methyl sites for hydroxylation is 2. The quantitative estimate of drug-likeness (QED) is 0.522. The fourth-order valence-corrected chi connectivity index (χ4v) is 2.10. The molecule has 2 nitrogen and oxygen atoms in total. The highest BCUT2D eigenvalue weighted by Gasteiger charge is 2.13. The molecule has 0 atom stereocenters. The van der Waals surface area contributed by atoms with E-state index in [2.05, 4.69) is 19.9 Å². The van der Waals surface area contributed by atoms with Gasteiger partial charge >= 0.3 is 0 Å². The summed E-state index contributed by atoms with van der Waals surface area (Å²) in [6, 6.07) is 4.02. The molecule has 0 fully saturated rings. The van der Waals surface area contributed by atoms with E-state index in [1.54, 1.807) is 0 Å². The lowest BCUT2D eigenvalue weighted by Crippen LogP contribution is -2.09. The summed E-state index contributed by atoms with van der Waals surface area (Å²) in [4.78, 5) is 12.2. The summed E-state index contributed by atoms with van der Waals surface area (Å²) in [5.41, 5.74) is 3.77. The highest BCUT2D eigenvalue weighted by molar-refractivity contribution is 5.81. The zero-order valence-electron chi connectivity index (χ0n) is 19.0. The van der Waals surface area contributed by atoms with E-state index < -0.39 is 0 Å². The van der Waals surface area contributed by atoms with E-state index in [1.807, 2.05) is 82.2 Å². The average molecular weight is 351 g/mol. The lowest BCUT2D eigenvalue weighted by Gasteiger charge is -2.11. The van der Waals surface area contributed by atoms with Gasteiger partial charge in [-0.25, -0.2) is 0 Å². The van der Waals surface area contributed by atoms with Crippen LogP contribution in [0.4, 0.5) is 0 Å². The van der Waals surface area contributed by atoms with Gasteiger partial charge in [0.2, 0.25) is 0 Å². The molecule has 1 aromatic heterocycles. The molecule has 1 aromatic carbocycles. The molecule has 2 rings (SSSR count). The summed E-state index contributed by atoms with van der Waals surface area (Å²) in [7, 11) is 0. The minimum atomic E-state index is 0.0920. The Hall–Kier alpha value is -1.57. The van der Waals surface area contributed by atoms with Crippen LogP contribution in [-0.2, 0) is 0 Å². The van der Waals surface area contributed by atoms with Crippen molar-refractivity contribution in [3.05, 3.63) is 44.8 Å². The Kier molecular flexibility index (Phi) is 18.0. The summed E-state index contributed by atoms with van der Waals surface area (Å²) >= 11 is 0. The zero-order valence-corrected chi connectivity index (χ0v) is 19.0. The van der Waals surface area contributed by atoms with Crippen molar-refractivity contribution >= 4 is 11.0 Å². The Bertz CT molecular complexity index is 635. The van der Waals surface area contributed by atoms with Crippen molar-refractivity contribution in [1.82, 2.24) is 0 Å². The molecule has 2 heteroatoms. The molecule has 1 heterocycles. The van der Waals surface area contributed by atoms with Gasteiger partial charge in [0.15, 0.2) is 5.43 Å². The van der Waals surface area contributed by atoms with Crippen molar-refractivity contribution in [2.24, 2.45) is 0 Å². The number of benzene rings is 1. The van der Waals surface area contributed by atoms with E-state index in [0.717, 1.165) is 16.7 Å². The van der Waals surface area contributed by atoms with E-state index in [0.29, 0.717) is 22.6 Å². The average Bonchev–Trinajstić information content (AvgIpc) is 2.66. The van der Waals surface area contributed by atoms with Crippen molar-refractivity contribution < 1.29 is 4.42 Å². The molecule has 0 radical (unpaired) electrons. The second kappa shape index (κ2) is 15.9. The maximum atomic E-state index is 12.2. The second-order valence-corrected chi connectivity index (χ2v) is 5.00. The van der Waals surface area contributed by atoms with Gasteiger partial charge in [-0.05, 0) is 43.9 Å². The minimum absolute atomic E-state index is 0.0920. The molecule has 0 aliphatic rings. The molecule has 0 saturated carbocycles. The smallest absolute Gasteiger partial charge is 0.195 e. The molecule has 0 aliphatic heterocycles. The first-order valence-corrected chi connectivity index (χ1v) is 9.96. The van der Waals surface area contributed by atoms with Crippen LogP contribution in [0.1, 0.15) is 97.6 Å². The molecular formula is C23H42O2. The number of hydrogen-bond acceptors (Lipinski definition) is 2. The molecule has 0 bridgehead atoms. The van der Waals surface area contributed by atoms with Gasteiger partial charge < -0.3 is 4.42 Å².